The molecule has 72 valence electrons. The first-order chi connectivity index (χ1) is 5.96. The highest BCUT2D eigenvalue weighted by molar-refractivity contribution is 14.1. The maximum Gasteiger partial charge on any atom is 0.418 e. The molecule has 0 unspecified atom stereocenters. The van der Waals surface area contributed by atoms with Crippen molar-refractivity contribution in [3.63, 3.8) is 0 Å². The standard InChI is InChI=1S/C7H4F4IN/c8-1-4-5(7(9,10)11)2-13-3-6(4)12/h2-3H,1H2. The molecule has 0 radical (unpaired) electrons. The minimum atomic E-state index is -4.53. The maximum atomic E-state index is 12.2. The molecule has 0 aromatic carbocycles. The molecule has 13 heavy (non-hydrogen) atoms. The molecule has 0 saturated heterocycles. The average Bonchev–Trinajstić information content (AvgIpc) is 2.02. The van der Waals surface area contributed by atoms with E-state index in [1.54, 1.807) is 22.6 Å². The van der Waals surface area contributed by atoms with Crippen LogP contribution in [0.4, 0.5) is 17.6 Å². The van der Waals surface area contributed by atoms with Crippen LogP contribution in [0.1, 0.15) is 11.1 Å². The highest BCUT2D eigenvalue weighted by Crippen LogP contribution is 2.33. The van der Waals surface area contributed by atoms with Crippen molar-refractivity contribution < 1.29 is 17.6 Å². The van der Waals surface area contributed by atoms with Crippen LogP contribution in [0.25, 0.3) is 0 Å². The van der Waals surface area contributed by atoms with Crippen molar-refractivity contribution in [1.82, 2.24) is 4.98 Å². The first-order valence-electron chi connectivity index (χ1n) is 3.22. The molecule has 0 aliphatic carbocycles. The minimum Gasteiger partial charge on any atom is -0.263 e. The SMILES string of the molecule is FCc1c(I)cncc1C(F)(F)F. The molecule has 0 aliphatic heterocycles. The summed E-state index contributed by atoms with van der Waals surface area (Å²) < 4.78 is 49.1. The Bertz CT molecular complexity index is 310. The van der Waals surface area contributed by atoms with Gasteiger partial charge in [-0.2, -0.15) is 13.2 Å². The molecule has 0 fully saturated rings. The van der Waals surface area contributed by atoms with E-state index in [0.717, 1.165) is 0 Å². The van der Waals surface area contributed by atoms with Gasteiger partial charge in [-0.25, -0.2) is 4.39 Å². The van der Waals surface area contributed by atoms with Crippen molar-refractivity contribution >= 4 is 22.6 Å². The van der Waals surface area contributed by atoms with E-state index in [0.29, 0.717) is 6.20 Å². The van der Waals surface area contributed by atoms with Crippen molar-refractivity contribution in [3.05, 3.63) is 27.1 Å². The van der Waals surface area contributed by atoms with Crippen molar-refractivity contribution in [2.45, 2.75) is 12.9 Å². The Labute approximate surface area is 85.3 Å². The summed E-state index contributed by atoms with van der Waals surface area (Å²) in [7, 11) is 0. The Hall–Kier alpha value is -0.400. The summed E-state index contributed by atoms with van der Waals surface area (Å²) in [5.74, 6) is 0. The highest BCUT2D eigenvalue weighted by atomic mass is 127. The summed E-state index contributed by atoms with van der Waals surface area (Å²) in [4.78, 5) is 3.37. The summed E-state index contributed by atoms with van der Waals surface area (Å²) in [6, 6.07) is 0. The van der Waals surface area contributed by atoms with Crippen LogP contribution in [0, 0.1) is 3.57 Å². The second kappa shape index (κ2) is 3.77. The van der Waals surface area contributed by atoms with Gasteiger partial charge in [0.15, 0.2) is 0 Å². The lowest BCUT2D eigenvalue weighted by Crippen LogP contribution is -2.10. The molecule has 0 N–H and O–H groups in total. The van der Waals surface area contributed by atoms with Gasteiger partial charge in [-0.05, 0) is 22.6 Å². The van der Waals surface area contributed by atoms with Gasteiger partial charge in [-0.3, -0.25) is 4.98 Å². The number of rotatable bonds is 1. The van der Waals surface area contributed by atoms with E-state index in [2.05, 4.69) is 4.98 Å². The first kappa shape index (κ1) is 10.7. The predicted octanol–water partition coefficient (Wildman–Crippen LogP) is 3.17. The van der Waals surface area contributed by atoms with Gasteiger partial charge in [0, 0.05) is 21.5 Å². The van der Waals surface area contributed by atoms with E-state index in [1.165, 1.54) is 6.20 Å². The van der Waals surface area contributed by atoms with Crippen molar-refractivity contribution in [1.29, 1.82) is 0 Å². The fourth-order valence-corrected chi connectivity index (χ4v) is 1.44. The van der Waals surface area contributed by atoms with Crippen LogP contribution in [0.2, 0.25) is 0 Å². The Morgan fingerprint density at radius 1 is 1.31 bits per heavy atom. The largest absolute Gasteiger partial charge is 0.418 e. The lowest BCUT2D eigenvalue weighted by molar-refractivity contribution is -0.138. The Morgan fingerprint density at radius 3 is 2.31 bits per heavy atom. The van der Waals surface area contributed by atoms with E-state index < -0.39 is 18.4 Å². The van der Waals surface area contributed by atoms with E-state index in [1.807, 2.05) is 0 Å². The molecular formula is C7H4F4IN. The highest BCUT2D eigenvalue weighted by Gasteiger charge is 2.34. The monoisotopic (exact) mass is 305 g/mol. The topological polar surface area (TPSA) is 12.9 Å². The molecule has 1 aromatic rings. The lowest BCUT2D eigenvalue weighted by Gasteiger charge is -2.10. The number of hydrogen-bond acceptors (Lipinski definition) is 1. The van der Waals surface area contributed by atoms with Crippen LogP contribution < -0.4 is 0 Å². The lowest BCUT2D eigenvalue weighted by atomic mass is 10.1. The van der Waals surface area contributed by atoms with Crippen LogP contribution in [-0.4, -0.2) is 4.98 Å². The first-order valence-corrected chi connectivity index (χ1v) is 4.30. The molecule has 0 amide bonds. The van der Waals surface area contributed by atoms with Crippen molar-refractivity contribution in [2.75, 3.05) is 0 Å². The van der Waals surface area contributed by atoms with Crippen LogP contribution in [-0.2, 0) is 12.9 Å². The Balaban J connectivity index is 3.29. The number of hydrogen-bond donors (Lipinski definition) is 0. The fraction of sp³-hybridized carbons (Fsp3) is 0.286. The van der Waals surface area contributed by atoms with Gasteiger partial charge in [0.1, 0.15) is 6.67 Å². The van der Waals surface area contributed by atoms with Gasteiger partial charge < -0.3 is 0 Å². The summed E-state index contributed by atoms with van der Waals surface area (Å²) in [6.45, 7) is -1.13. The molecule has 1 rings (SSSR count). The molecule has 1 aromatic heterocycles. The van der Waals surface area contributed by atoms with E-state index in [9.17, 15) is 17.6 Å². The van der Waals surface area contributed by atoms with Crippen LogP contribution in [0.15, 0.2) is 12.4 Å². The Kier molecular flexibility index (Phi) is 3.09. The second-order valence-corrected chi connectivity index (χ2v) is 3.44. The van der Waals surface area contributed by atoms with Crippen molar-refractivity contribution in [2.24, 2.45) is 0 Å². The quantitative estimate of drug-likeness (QED) is 0.574. The van der Waals surface area contributed by atoms with Crippen LogP contribution >= 0.6 is 22.6 Å². The van der Waals surface area contributed by atoms with Crippen LogP contribution in [0.5, 0.6) is 0 Å². The number of halogens is 5. The number of pyridine rings is 1. The van der Waals surface area contributed by atoms with E-state index >= 15 is 0 Å². The predicted molar refractivity (Wildman–Crippen MR) is 46.8 cm³/mol. The van der Waals surface area contributed by atoms with Gasteiger partial charge in [-0.15, -0.1) is 0 Å². The molecule has 1 heterocycles. The van der Waals surface area contributed by atoms with Gasteiger partial charge in [-0.1, -0.05) is 0 Å². The Morgan fingerprint density at radius 2 is 1.92 bits per heavy atom. The summed E-state index contributed by atoms with van der Waals surface area (Å²) in [6.07, 6.45) is -2.70. The molecule has 0 spiro atoms. The number of nitrogens with zero attached hydrogens (tertiary/aromatic N) is 1. The molecule has 0 saturated carbocycles. The summed E-state index contributed by atoms with van der Waals surface area (Å²) in [5.41, 5.74) is -1.34. The van der Waals surface area contributed by atoms with E-state index in [4.69, 9.17) is 0 Å². The number of aromatic nitrogens is 1. The van der Waals surface area contributed by atoms with Gasteiger partial charge in [0.05, 0.1) is 5.56 Å². The smallest absolute Gasteiger partial charge is 0.263 e. The summed E-state index contributed by atoms with van der Waals surface area (Å²) in [5, 5.41) is 0. The van der Waals surface area contributed by atoms with Gasteiger partial charge in [0.25, 0.3) is 0 Å². The molecule has 0 atom stereocenters. The zero-order chi connectivity index (χ0) is 10.1. The summed E-state index contributed by atoms with van der Waals surface area (Å²) >= 11 is 1.62. The third-order valence-electron chi connectivity index (χ3n) is 1.44. The molecular weight excluding hydrogens is 301 g/mol. The maximum absolute atomic E-state index is 12.2. The average molecular weight is 305 g/mol. The zero-order valence-corrected chi connectivity index (χ0v) is 8.36. The van der Waals surface area contributed by atoms with Gasteiger partial charge >= 0.3 is 6.18 Å². The minimum absolute atomic E-state index is 0.190. The zero-order valence-electron chi connectivity index (χ0n) is 6.20. The van der Waals surface area contributed by atoms with Crippen molar-refractivity contribution in [3.8, 4) is 0 Å². The third-order valence-corrected chi connectivity index (χ3v) is 2.37. The number of alkyl halides is 4. The molecule has 1 nitrogen and oxygen atoms in total. The third kappa shape index (κ3) is 2.29. The van der Waals surface area contributed by atoms with E-state index in [-0.39, 0.29) is 9.13 Å². The second-order valence-electron chi connectivity index (χ2n) is 2.28. The molecule has 0 aliphatic rings. The van der Waals surface area contributed by atoms with Crippen LogP contribution in [0.3, 0.4) is 0 Å². The normalized spacial score (nSPS) is 11.8. The molecule has 6 heteroatoms. The molecule has 0 bridgehead atoms. The fourth-order valence-electron chi connectivity index (χ4n) is 0.842. The van der Waals surface area contributed by atoms with Gasteiger partial charge in [0.2, 0.25) is 0 Å².